The molecule has 3 heterocycles. The molecular weight excluding hydrogens is 450 g/mol. The zero-order chi connectivity index (χ0) is 22.5. The van der Waals surface area contributed by atoms with E-state index in [0.717, 1.165) is 11.3 Å². The van der Waals surface area contributed by atoms with Gasteiger partial charge < -0.3 is 19.3 Å². The van der Waals surface area contributed by atoms with Crippen LogP contribution in [0.5, 0.6) is 5.88 Å². The van der Waals surface area contributed by atoms with E-state index in [-0.39, 0.29) is 19.0 Å². The van der Waals surface area contributed by atoms with Crippen molar-refractivity contribution in [3.8, 4) is 5.88 Å². The van der Waals surface area contributed by atoms with Crippen LogP contribution in [0.15, 0.2) is 53.2 Å². The van der Waals surface area contributed by atoms with Gasteiger partial charge in [0.2, 0.25) is 17.7 Å². The van der Waals surface area contributed by atoms with E-state index >= 15 is 0 Å². The Morgan fingerprint density at radius 1 is 1.24 bits per heavy atom. The van der Waals surface area contributed by atoms with Gasteiger partial charge in [-0.05, 0) is 30.7 Å². The lowest BCUT2D eigenvalue weighted by Gasteiger charge is -2.13. The number of aromatic nitrogens is 5. The molecule has 1 aromatic carbocycles. The van der Waals surface area contributed by atoms with Gasteiger partial charge in [-0.2, -0.15) is 4.98 Å². The Kier molecular flexibility index (Phi) is 7.46. The minimum absolute atomic E-state index is 0. The number of aromatic amines is 1. The number of aryl methyl sites for hydroxylation is 1. The van der Waals surface area contributed by atoms with Gasteiger partial charge in [0, 0.05) is 25.4 Å². The topological polar surface area (TPSA) is 131 Å². The van der Waals surface area contributed by atoms with Gasteiger partial charge in [-0.25, -0.2) is 9.78 Å². The standard InChI is InChI=1S/C21H21N7O4.ClH/c1-13-9-19(32-27-13)28(2)21-22-8-7-16(24-21)23-17-11-18(26-25-17)31-12-14-5-4-6-15(10-14)20(29)30-3;/h4-11H,12H2,1-3H3,(H2,22,23,24,25,26);1H. The van der Waals surface area contributed by atoms with E-state index in [4.69, 9.17) is 14.0 Å². The minimum Gasteiger partial charge on any atom is -0.472 e. The molecule has 0 bridgehead atoms. The lowest BCUT2D eigenvalue weighted by molar-refractivity contribution is 0.0600. The number of halogens is 1. The van der Waals surface area contributed by atoms with Gasteiger partial charge in [-0.3, -0.25) is 10.00 Å². The van der Waals surface area contributed by atoms with Gasteiger partial charge in [0.1, 0.15) is 18.2 Å². The summed E-state index contributed by atoms with van der Waals surface area (Å²) in [6.45, 7) is 2.08. The fourth-order valence-corrected chi connectivity index (χ4v) is 2.83. The largest absolute Gasteiger partial charge is 0.472 e. The Hall–Kier alpha value is -4.12. The summed E-state index contributed by atoms with van der Waals surface area (Å²) in [7, 11) is 3.13. The normalized spacial score (nSPS) is 10.3. The number of hydrogen-bond acceptors (Lipinski definition) is 10. The first-order valence-electron chi connectivity index (χ1n) is 9.64. The molecule has 2 N–H and O–H groups in total. The molecule has 0 atom stereocenters. The number of ether oxygens (including phenoxy) is 2. The van der Waals surface area contributed by atoms with E-state index in [9.17, 15) is 4.79 Å². The minimum atomic E-state index is -0.397. The summed E-state index contributed by atoms with van der Waals surface area (Å²) in [6.07, 6.45) is 1.63. The SMILES string of the molecule is COC(=O)c1cccc(COc2cc(Nc3ccnc(N(C)c4cc(C)no4)n3)[nH]n2)c1.Cl. The first kappa shape index (κ1) is 23.5. The van der Waals surface area contributed by atoms with Crippen molar-refractivity contribution < 1.29 is 18.8 Å². The van der Waals surface area contributed by atoms with Crippen molar-refractivity contribution in [2.24, 2.45) is 0 Å². The number of hydrogen-bond donors (Lipinski definition) is 2. The Morgan fingerprint density at radius 3 is 2.85 bits per heavy atom. The maximum atomic E-state index is 11.7. The van der Waals surface area contributed by atoms with Gasteiger partial charge in [0.15, 0.2) is 0 Å². The number of nitrogens with one attached hydrogen (secondary N) is 2. The zero-order valence-electron chi connectivity index (χ0n) is 18.1. The summed E-state index contributed by atoms with van der Waals surface area (Å²) in [5.74, 6) is 2.11. The second-order valence-electron chi connectivity index (χ2n) is 6.83. The molecule has 0 radical (unpaired) electrons. The first-order valence-corrected chi connectivity index (χ1v) is 9.64. The number of rotatable bonds is 8. The van der Waals surface area contributed by atoms with Crippen molar-refractivity contribution in [3.05, 3.63) is 65.5 Å². The van der Waals surface area contributed by atoms with Crippen LogP contribution in [0.4, 0.5) is 23.5 Å². The first-order chi connectivity index (χ1) is 15.5. The van der Waals surface area contributed by atoms with Crippen LogP contribution in [0.3, 0.4) is 0 Å². The van der Waals surface area contributed by atoms with Gasteiger partial charge in [0.05, 0.1) is 18.4 Å². The molecule has 3 aromatic heterocycles. The smallest absolute Gasteiger partial charge is 0.337 e. The Bertz CT molecular complexity index is 1230. The summed E-state index contributed by atoms with van der Waals surface area (Å²) < 4.78 is 15.7. The molecule has 0 fully saturated rings. The number of benzene rings is 1. The molecule has 0 saturated carbocycles. The molecule has 0 spiro atoms. The number of H-pyrrole nitrogens is 1. The molecule has 12 heteroatoms. The number of nitrogens with zero attached hydrogens (tertiary/aromatic N) is 5. The van der Waals surface area contributed by atoms with Crippen LogP contribution >= 0.6 is 12.4 Å². The van der Waals surface area contributed by atoms with Crippen molar-refractivity contribution in [1.82, 2.24) is 25.3 Å². The highest BCUT2D eigenvalue weighted by molar-refractivity contribution is 5.89. The lowest BCUT2D eigenvalue weighted by Crippen LogP contribution is -2.12. The van der Waals surface area contributed by atoms with E-state index < -0.39 is 5.97 Å². The summed E-state index contributed by atoms with van der Waals surface area (Å²) in [6, 6.07) is 12.2. The third-order valence-corrected chi connectivity index (χ3v) is 4.44. The van der Waals surface area contributed by atoms with Gasteiger partial charge in [-0.15, -0.1) is 17.5 Å². The van der Waals surface area contributed by atoms with Crippen LogP contribution in [0.2, 0.25) is 0 Å². The Balaban J connectivity index is 0.00000306. The summed E-state index contributed by atoms with van der Waals surface area (Å²) in [5.41, 5.74) is 2.04. The molecular formula is C21H22ClN7O4. The Morgan fingerprint density at radius 2 is 2.09 bits per heavy atom. The van der Waals surface area contributed by atoms with Gasteiger partial charge >= 0.3 is 5.97 Å². The summed E-state index contributed by atoms with van der Waals surface area (Å²) >= 11 is 0. The third kappa shape index (κ3) is 5.77. The number of carbonyl (C=O) groups is 1. The number of esters is 1. The summed E-state index contributed by atoms with van der Waals surface area (Å²) in [5, 5.41) is 14.0. The number of methoxy groups -OCH3 is 1. The van der Waals surface area contributed by atoms with E-state index in [0.29, 0.717) is 34.9 Å². The highest BCUT2D eigenvalue weighted by Gasteiger charge is 2.13. The van der Waals surface area contributed by atoms with E-state index in [2.05, 4.69) is 30.6 Å². The predicted octanol–water partition coefficient (Wildman–Crippen LogP) is 3.80. The lowest BCUT2D eigenvalue weighted by atomic mass is 10.1. The second-order valence-corrected chi connectivity index (χ2v) is 6.83. The molecule has 0 unspecified atom stereocenters. The number of anilines is 4. The van der Waals surface area contributed by atoms with Gasteiger partial charge in [-0.1, -0.05) is 17.3 Å². The highest BCUT2D eigenvalue weighted by Crippen LogP contribution is 2.23. The van der Waals surface area contributed by atoms with Crippen molar-refractivity contribution in [1.29, 1.82) is 0 Å². The molecule has 0 saturated heterocycles. The predicted molar refractivity (Wildman–Crippen MR) is 123 cm³/mol. The summed E-state index contributed by atoms with van der Waals surface area (Å²) in [4.78, 5) is 22.1. The zero-order valence-corrected chi connectivity index (χ0v) is 18.9. The van der Waals surface area contributed by atoms with Crippen molar-refractivity contribution >= 4 is 41.8 Å². The maximum Gasteiger partial charge on any atom is 0.337 e. The van der Waals surface area contributed by atoms with E-state index in [1.54, 1.807) is 54.5 Å². The van der Waals surface area contributed by atoms with Crippen LogP contribution < -0.4 is 15.0 Å². The van der Waals surface area contributed by atoms with E-state index in [1.165, 1.54) is 7.11 Å². The second kappa shape index (κ2) is 10.5. The fourth-order valence-electron chi connectivity index (χ4n) is 2.83. The molecule has 4 rings (SSSR count). The molecule has 33 heavy (non-hydrogen) atoms. The third-order valence-electron chi connectivity index (χ3n) is 4.44. The molecule has 172 valence electrons. The molecule has 4 aromatic rings. The molecule has 0 amide bonds. The average molecular weight is 472 g/mol. The molecule has 11 nitrogen and oxygen atoms in total. The highest BCUT2D eigenvalue weighted by atomic mass is 35.5. The molecule has 0 aliphatic carbocycles. The van der Waals surface area contributed by atoms with Crippen LogP contribution in [-0.2, 0) is 11.3 Å². The molecule has 0 aliphatic heterocycles. The van der Waals surface area contributed by atoms with Crippen molar-refractivity contribution in [3.63, 3.8) is 0 Å². The number of carbonyl (C=O) groups excluding carboxylic acids is 1. The van der Waals surface area contributed by atoms with E-state index in [1.807, 2.05) is 13.0 Å². The van der Waals surface area contributed by atoms with Crippen molar-refractivity contribution in [2.45, 2.75) is 13.5 Å². The monoisotopic (exact) mass is 471 g/mol. The van der Waals surface area contributed by atoms with Crippen LogP contribution in [-0.4, -0.2) is 45.4 Å². The van der Waals surface area contributed by atoms with Crippen molar-refractivity contribution in [2.75, 3.05) is 24.4 Å². The van der Waals surface area contributed by atoms with Crippen LogP contribution in [0, 0.1) is 6.92 Å². The Labute approximate surface area is 195 Å². The quantitative estimate of drug-likeness (QED) is 0.366. The molecule has 0 aliphatic rings. The fraction of sp³-hybridized carbons (Fsp3) is 0.190. The average Bonchev–Trinajstić information content (AvgIpc) is 3.45. The van der Waals surface area contributed by atoms with Crippen LogP contribution in [0.1, 0.15) is 21.6 Å². The maximum absolute atomic E-state index is 11.7. The van der Waals surface area contributed by atoms with Crippen LogP contribution in [0.25, 0.3) is 0 Å². The van der Waals surface area contributed by atoms with Gasteiger partial charge in [0.25, 0.3) is 0 Å².